The molecule has 3 heterocycles. The zero-order valence-corrected chi connectivity index (χ0v) is 16.6. The Kier molecular flexibility index (Phi) is 4.56. The van der Waals surface area contributed by atoms with Crippen LogP contribution in [0.1, 0.15) is 49.1 Å². The highest BCUT2D eigenvalue weighted by Crippen LogP contribution is 2.38. The summed E-state index contributed by atoms with van der Waals surface area (Å²) in [5.41, 5.74) is 1.85. The number of fused-ring (bicyclic) bond motifs is 1. The van der Waals surface area contributed by atoms with E-state index in [-0.39, 0.29) is 0 Å². The van der Waals surface area contributed by atoms with Gasteiger partial charge in [-0.25, -0.2) is 0 Å². The fourth-order valence-corrected chi connectivity index (χ4v) is 5.14. The number of anilines is 1. The molecule has 0 bridgehead atoms. The van der Waals surface area contributed by atoms with Crippen LogP contribution in [0, 0.1) is 17.2 Å². The number of nitriles is 1. The molecule has 2 aliphatic heterocycles. The molecule has 3 aliphatic rings. The second kappa shape index (κ2) is 7.21. The van der Waals surface area contributed by atoms with Gasteiger partial charge in [0.2, 0.25) is 5.95 Å². The van der Waals surface area contributed by atoms with Crippen LogP contribution in [0.25, 0.3) is 0 Å². The number of nitrogens with zero attached hydrogens (tertiary/aromatic N) is 6. The Bertz CT molecular complexity index is 875. The van der Waals surface area contributed by atoms with Gasteiger partial charge in [0.05, 0.1) is 11.6 Å². The smallest absolute Gasteiger partial charge is 0.226 e. The average Bonchev–Trinajstić information content (AvgIpc) is 3.52. The van der Waals surface area contributed by atoms with E-state index in [0.29, 0.717) is 5.56 Å². The van der Waals surface area contributed by atoms with Crippen LogP contribution in [0.4, 0.5) is 5.95 Å². The van der Waals surface area contributed by atoms with Crippen LogP contribution in [0.5, 0.6) is 0 Å². The first-order valence-electron chi connectivity index (χ1n) is 10.6. The molecule has 1 saturated carbocycles. The molecule has 6 nitrogen and oxygen atoms in total. The van der Waals surface area contributed by atoms with Crippen LogP contribution in [0.3, 0.4) is 0 Å². The van der Waals surface area contributed by atoms with Crippen LogP contribution in [0.15, 0.2) is 24.3 Å². The standard InChI is InChI=1S/C22H28N6/c1-26-21(13-16-4-6-17(14-23)7-5-16)24-25-22(26)27-12-10-20-18(15-27)3-2-11-28(20)19-8-9-19/h4-7,18-20H,2-3,8-13,15H2,1H3. The Labute approximate surface area is 166 Å². The third kappa shape index (κ3) is 3.29. The topological polar surface area (TPSA) is 61.0 Å². The molecular weight excluding hydrogens is 348 g/mol. The monoisotopic (exact) mass is 376 g/mol. The van der Waals surface area contributed by atoms with Crippen LogP contribution < -0.4 is 4.90 Å². The summed E-state index contributed by atoms with van der Waals surface area (Å²) in [5, 5.41) is 18.0. The number of benzene rings is 1. The van der Waals surface area contributed by atoms with Gasteiger partial charge in [-0.2, -0.15) is 5.26 Å². The van der Waals surface area contributed by atoms with E-state index in [2.05, 4.69) is 37.7 Å². The number of hydrogen-bond donors (Lipinski definition) is 0. The molecule has 1 aliphatic carbocycles. The Morgan fingerprint density at radius 3 is 2.64 bits per heavy atom. The molecule has 2 saturated heterocycles. The lowest BCUT2D eigenvalue weighted by Gasteiger charge is -2.47. The summed E-state index contributed by atoms with van der Waals surface area (Å²) >= 11 is 0. The van der Waals surface area contributed by atoms with E-state index in [1.807, 2.05) is 24.3 Å². The predicted molar refractivity (Wildman–Crippen MR) is 108 cm³/mol. The predicted octanol–water partition coefficient (Wildman–Crippen LogP) is 2.73. The van der Waals surface area contributed by atoms with Gasteiger partial charge in [-0.1, -0.05) is 12.1 Å². The van der Waals surface area contributed by atoms with Crippen molar-refractivity contribution in [2.45, 2.75) is 50.6 Å². The highest BCUT2D eigenvalue weighted by atomic mass is 15.4. The largest absolute Gasteiger partial charge is 0.341 e. The van der Waals surface area contributed by atoms with Gasteiger partial charge in [0.25, 0.3) is 0 Å². The van der Waals surface area contributed by atoms with Gasteiger partial charge in [0.1, 0.15) is 5.82 Å². The molecule has 2 aromatic rings. The number of hydrogen-bond acceptors (Lipinski definition) is 5. The van der Waals surface area contributed by atoms with Crippen LogP contribution >= 0.6 is 0 Å². The van der Waals surface area contributed by atoms with Crippen molar-refractivity contribution in [1.82, 2.24) is 19.7 Å². The fraction of sp³-hybridized carbons (Fsp3) is 0.591. The second-order valence-corrected chi connectivity index (χ2v) is 8.63. The van der Waals surface area contributed by atoms with Crippen LogP contribution in [-0.2, 0) is 13.5 Å². The molecule has 0 N–H and O–H groups in total. The number of aromatic nitrogens is 3. The molecule has 0 radical (unpaired) electrons. The van der Waals surface area contributed by atoms with Crippen molar-refractivity contribution in [1.29, 1.82) is 5.26 Å². The van der Waals surface area contributed by atoms with Crippen molar-refractivity contribution >= 4 is 5.95 Å². The van der Waals surface area contributed by atoms with Gasteiger partial charge in [0, 0.05) is 38.6 Å². The minimum absolute atomic E-state index is 0.693. The average molecular weight is 377 g/mol. The first kappa shape index (κ1) is 17.7. The summed E-state index contributed by atoms with van der Waals surface area (Å²) in [5.74, 6) is 2.75. The van der Waals surface area contributed by atoms with Gasteiger partial charge in [-0.15, -0.1) is 10.2 Å². The summed E-state index contributed by atoms with van der Waals surface area (Å²) in [6.07, 6.45) is 7.50. The van der Waals surface area contributed by atoms with E-state index in [0.717, 1.165) is 54.8 Å². The highest BCUT2D eigenvalue weighted by Gasteiger charge is 2.42. The molecule has 6 heteroatoms. The van der Waals surface area contributed by atoms with Crippen LogP contribution in [0.2, 0.25) is 0 Å². The van der Waals surface area contributed by atoms with E-state index in [1.165, 1.54) is 38.6 Å². The molecular formula is C22H28N6. The number of piperidine rings is 2. The minimum Gasteiger partial charge on any atom is -0.341 e. The molecule has 1 aromatic carbocycles. The quantitative estimate of drug-likeness (QED) is 0.821. The summed E-state index contributed by atoms with van der Waals surface area (Å²) in [6, 6.07) is 11.6. The van der Waals surface area contributed by atoms with Crippen molar-refractivity contribution in [3.63, 3.8) is 0 Å². The maximum Gasteiger partial charge on any atom is 0.226 e. The van der Waals surface area contributed by atoms with Gasteiger partial charge in [0.15, 0.2) is 0 Å². The molecule has 1 aromatic heterocycles. The lowest BCUT2D eigenvalue weighted by molar-refractivity contribution is 0.0693. The SMILES string of the molecule is Cn1c(Cc2ccc(C#N)cc2)nnc1N1CCC2C(CCCN2C2CC2)C1. The summed E-state index contributed by atoms with van der Waals surface area (Å²) in [6.45, 7) is 3.49. The maximum atomic E-state index is 8.96. The maximum absolute atomic E-state index is 8.96. The van der Waals surface area contributed by atoms with E-state index in [9.17, 15) is 0 Å². The second-order valence-electron chi connectivity index (χ2n) is 8.63. The van der Waals surface area contributed by atoms with Crippen molar-refractivity contribution in [3.05, 3.63) is 41.2 Å². The third-order valence-electron chi connectivity index (χ3n) is 6.80. The molecule has 2 unspecified atom stereocenters. The Hall–Kier alpha value is -2.39. The van der Waals surface area contributed by atoms with E-state index in [1.54, 1.807) is 0 Å². The fourth-order valence-electron chi connectivity index (χ4n) is 5.14. The van der Waals surface area contributed by atoms with E-state index in [4.69, 9.17) is 5.26 Å². The molecule has 0 spiro atoms. The van der Waals surface area contributed by atoms with Gasteiger partial charge >= 0.3 is 0 Å². The number of likely N-dealkylation sites (tertiary alicyclic amines) is 1. The van der Waals surface area contributed by atoms with Crippen molar-refractivity contribution in [3.8, 4) is 6.07 Å². The molecule has 2 atom stereocenters. The van der Waals surface area contributed by atoms with Crippen molar-refractivity contribution in [2.24, 2.45) is 13.0 Å². The van der Waals surface area contributed by atoms with Gasteiger partial charge < -0.3 is 9.47 Å². The lowest BCUT2D eigenvalue weighted by Crippen LogP contribution is -2.55. The van der Waals surface area contributed by atoms with E-state index < -0.39 is 0 Å². The zero-order valence-electron chi connectivity index (χ0n) is 16.6. The van der Waals surface area contributed by atoms with E-state index >= 15 is 0 Å². The van der Waals surface area contributed by atoms with Gasteiger partial charge in [-0.3, -0.25) is 4.90 Å². The lowest BCUT2D eigenvalue weighted by atomic mass is 9.84. The highest BCUT2D eigenvalue weighted by molar-refractivity contribution is 5.35. The number of rotatable bonds is 4. The Balaban J connectivity index is 1.29. The summed E-state index contributed by atoms with van der Waals surface area (Å²) in [7, 11) is 2.08. The Morgan fingerprint density at radius 1 is 1.07 bits per heavy atom. The molecule has 28 heavy (non-hydrogen) atoms. The molecule has 146 valence electrons. The first-order valence-corrected chi connectivity index (χ1v) is 10.6. The zero-order chi connectivity index (χ0) is 19.1. The summed E-state index contributed by atoms with van der Waals surface area (Å²) in [4.78, 5) is 5.27. The Morgan fingerprint density at radius 2 is 1.89 bits per heavy atom. The first-order chi connectivity index (χ1) is 13.7. The normalized spacial score (nSPS) is 25.4. The summed E-state index contributed by atoms with van der Waals surface area (Å²) < 4.78 is 2.15. The van der Waals surface area contributed by atoms with Crippen molar-refractivity contribution < 1.29 is 0 Å². The molecule has 0 amide bonds. The molecule has 3 fully saturated rings. The third-order valence-corrected chi connectivity index (χ3v) is 6.80. The van der Waals surface area contributed by atoms with Crippen LogP contribution in [-0.4, -0.2) is 51.4 Å². The minimum atomic E-state index is 0.693. The van der Waals surface area contributed by atoms with Gasteiger partial charge in [-0.05, 0) is 62.3 Å². The van der Waals surface area contributed by atoms with Crippen molar-refractivity contribution in [2.75, 3.05) is 24.5 Å². The molecule has 5 rings (SSSR count).